The van der Waals surface area contributed by atoms with Crippen LogP contribution in [0.4, 0.5) is 0 Å². The van der Waals surface area contributed by atoms with Crippen LogP contribution in [-0.2, 0) is 4.79 Å². The number of aromatic nitrogens is 1. The largest absolute Gasteiger partial charge is 0.505 e. The molecule has 0 radical (unpaired) electrons. The van der Waals surface area contributed by atoms with Crippen LogP contribution in [0.15, 0.2) is 54.7 Å². The molecule has 6 heteroatoms. The minimum absolute atomic E-state index is 0.0302. The summed E-state index contributed by atoms with van der Waals surface area (Å²) in [6, 6.07) is 14.5. The molecular weight excluding hydrogens is 380 g/mol. The van der Waals surface area contributed by atoms with E-state index in [9.17, 15) is 14.7 Å². The molecule has 1 aromatic heterocycles. The van der Waals surface area contributed by atoms with Crippen LogP contribution in [0.5, 0.6) is 17.2 Å². The number of fused-ring (bicyclic) bond motifs is 1. The molecule has 1 heterocycles. The number of para-hydroxylation sites is 1. The van der Waals surface area contributed by atoms with Gasteiger partial charge in [0.1, 0.15) is 11.5 Å². The molecule has 0 aliphatic heterocycles. The molecule has 1 amide bonds. The highest BCUT2D eigenvalue weighted by Gasteiger charge is 2.25. The highest BCUT2D eigenvalue weighted by Crippen LogP contribution is 2.31. The van der Waals surface area contributed by atoms with Crippen molar-refractivity contribution in [2.45, 2.75) is 33.1 Å². The number of carbonyl (C=O) groups is 2. The van der Waals surface area contributed by atoms with Crippen LogP contribution in [0, 0.1) is 5.92 Å². The predicted molar refractivity (Wildman–Crippen MR) is 116 cm³/mol. The van der Waals surface area contributed by atoms with Crippen LogP contribution in [0.3, 0.4) is 0 Å². The molecule has 1 aliphatic carbocycles. The van der Waals surface area contributed by atoms with Crippen LogP contribution in [-0.4, -0.2) is 28.3 Å². The van der Waals surface area contributed by atoms with Crippen molar-refractivity contribution in [3.05, 3.63) is 60.4 Å². The van der Waals surface area contributed by atoms with E-state index in [1.54, 1.807) is 18.2 Å². The van der Waals surface area contributed by atoms with Crippen molar-refractivity contribution in [3.8, 4) is 17.2 Å². The molecule has 0 bridgehead atoms. The summed E-state index contributed by atoms with van der Waals surface area (Å²) in [6.07, 6.45) is 4.35. The maximum absolute atomic E-state index is 12.3. The third-order valence-electron chi connectivity index (χ3n) is 5.01. The highest BCUT2D eigenvalue weighted by molar-refractivity contribution is 6.03. The first-order valence-electron chi connectivity index (χ1n) is 10.3. The molecule has 2 aromatic carbocycles. The Morgan fingerprint density at radius 1 is 1.10 bits per heavy atom. The molecule has 30 heavy (non-hydrogen) atoms. The van der Waals surface area contributed by atoms with E-state index < -0.39 is 5.91 Å². The Hall–Kier alpha value is -3.41. The third kappa shape index (κ3) is 4.76. The Bertz CT molecular complexity index is 1030. The van der Waals surface area contributed by atoms with Crippen LogP contribution >= 0.6 is 0 Å². The lowest BCUT2D eigenvalue weighted by atomic mass is 9.82. The van der Waals surface area contributed by atoms with E-state index in [-0.39, 0.29) is 29.7 Å². The number of amides is 1. The van der Waals surface area contributed by atoms with Gasteiger partial charge in [0.25, 0.3) is 5.91 Å². The number of aromatic hydroxyl groups is 1. The van der Waals surface area contributed by atoms with Crippen LogP contribution in [0.1, 0.15) is 43.6 Å². The summed E-state index contributed by atoms with van der Waals surface area (Å²) in [5, 5.41) is 14.2. The van der Waals surface area contributed by atoms with E-state index in [1.807, 2.05) is 44.2 Å². The van der Waals surface area contributed by atoms with Gasteiger partial charge >= 0.3 is 0 Å². The van der Waals surface area contributed by atoms with Gasteiger partial charge in [-0.3, -0.25) is 9.59 Å². The second kappa shape index (κ2) is 9.87. The number of rotatable bonds is 6. The zero-order chi connectivity index (χ0) is 21.5. The van der Waals surface area contributed by atoms with Gasteiger partial charge in [0, 0.05) is 22.9 Å². The number of hydrogen-bond donors (Lipinski definition) is 2. The summed E-state index contributed by atoms with van der Waals surface area (Å²) < 4.78 is 5.78. The van der Waals surface area contributed by atoms with E-state index >= 15 is 0 Å². The van der Waals surface area contributed by atoms with Crippen LogP contribution < -0.4 is 10.1 Å². The van der Waals surface area contributed by atoms with Crippen molar-refractivity contribution in [2.75, 3.05) is 6.54 Å². The highest BCUT2D eigenvalue weighted by atomic mass is 16.5. The van der Waals surface area contributed by atoms with Crippen molar-refractivity contribution >= 4 is 22.5 Å². The molecule has 0 spiro atoms. The number of ketones is 1. The lowest BCUT2D eigenvalue weighted by molar-refractivity contribution is -0.124. The molecule has 0 unspecified atom stereocenters. The van der Waals surface area contributed by atoms with Crippen molar-refractivity contribution in [1.29, 1.82) is 0 Å². The minimum atomic E-state index is -0.559. The second-order valence-corrected chi connectivity index (χ2v) is 6.90. The fourth-order valence-corrected chi connectivity index (χ4v) is 3.17. The number of benzene rings is 2. The predicted octanol–water partition coefficient (Wildman–Crippen LogP) is 4.86. The molecule has 1 saturated carbocycles. The topological polar surface area (TPSA) is 88.5 Å². The Morgan fingerprint density at radius 3 is 2.50 bits per heavy atom. The Labute approximate surface area is 175 Å². The smallest absolute Gasteiger partial charge is 0.274 e. The summed E-state index contributed by atoms with van der Waals surface area (Å²) >= 11 is 0. The van der Waals surface area contributed by atoms with E-state index in [0.717, 1.165) is 19.3 Å². The fraction of sp³-hybridized carbons (Fsp3) is 0.292. The van der Waals surface area contributed by atoms with Crippen molar-refractivity contribution in [3.63, 3.8) is 0 Å². The van der Waals surface area contributed by atoms with Gasteiger partial charge in [-0.05, 0) is 43.2 Å². The van der Waals surface area contributed by atoms with Crippen LogP contribution in [0.25, 0.3) is 10.8 Å². The Morgan fingerprint density at radius 2 is 1.83 bits per heavy atom. The molecule has 4 rings (SSSR count). The summed E-state index contributed by atoms with van der Waals surface area (Å²) in [4.78, 5) is 28.4. The SMILES string of the molecule is CC.O=C(NCC(=O)C1CCC1)c1ncc2cc(Oc3ccccc3)ccc2c1O. The maximum Gasteiger partial charge on any atom is 0.274 e. The van der Waals surface area contributed by atoms with Crippen molar-refractivity contribution < 1.29 is 19.4 Å². The number of hydrogen-bond acceptors (Lipinski definition) is 5. The minimum Gasteiger partial charge on any atom is -0.505 e. The van der Waals surface area contributed by atoms with E-state index in [2.05, 4.69) is 10.3 Å². The number of Topliss-reactive ketones (excluding diaryl/α,β-unsaturated/α-hetero) is 1. The quantitative estimate of drug-likeness (QED) is 0.610. The van der Waals surface area contributed by atoms with Gasteiger partial charge in [-0.2, -0.15) is 0 Å². The number of pyridine rings is 1. The number of nitrogens with zero attached hydrogens (tertiary/aromatic N) is 1. The average molecular weight is 406 g/mol. The van der Waals surface area contributed by atoms with Gasteiger partial charge in [0.2, 0.25) is 0 Å². The van der Waals surface area contributed by atoms with E-state index in [0.29, 0.717) is 22.3 Å². The number of carbonyl (C=O) groups excluding carboxylic acids is 2. The summed E-state index contributed by atoms with van der Waals surface area (Å²) in [5.41, 5.74) is -0.0920. The average Bonchev–Trinajstić information content (AvgIpc) is 2.73. The second-order valence-electron chi connectivity index (χ2n) is 6.90. The van der Waals surface area contributed by atoms with Crippen molar-refractivity contribution in [1.82, 2.24) is 10.3 Å². The first-order chi connectivity index (χ1) is 14.6. The van der Waals surface area contributed by atoms with Crippen molar-refractivity contribution in [2.24, 2.45) is 5.92 Å². The van der Waals surface area contributed by atoms with Gasteiger partial charge in [-0.1, -0.05) is 38.5 Å². The van der Waals surface area contributed by atoms with Gasteiger partial charge in [-0.15, -0.1) is 0 Å². The molecule has 2 N–H and O–H groups in total. The normalized spacial score (nSPS) is 13.0. The first kappa shape index (κ1) is 21.3. The molecule has 0 atom stereocenters. The van der Waals surface area contributed by atoms with Gasteiger partial charge in [-0.25, -0.2) is 4.98 Å². The monoisotopic (exact) mass is 406 g/mol. The fourth-order valence-electron chi connectivity index (χ4n) is 3.17. The summed E-state index contributed by atoms with van der Waals surface area (Å²) in [5.74, 6) is 0.618. The number of ether oxygens (including phenoxy) is 1. The first-order valence-corrected chi connectivity index (χ1v) is 10.3. The zero-order valence-electron chi connectivity index (χ0n) is 17.2. The molecule has 156 valence electrons. The standard InChI is InChI=1S/C22H20N2O4.C2H6/c25-19(14-5-4-6-14)13-24-22(27)20-21(26)18-10-9-17(11-15(18)12-23-20)28-16-7-2-1-3-8-16;1-2/h1-3,7-12,14,26H,4-6,13H2,(H,24,27);1-2H3. The molecule has 3 aromatic rings. The summed E-state index contributed by atoms with van der Waals surface area (Å²) in [6.45, 7) is 3.96. The molecule has 0 saturated heterocycles. The lowest BCUT2D eigenvalue weighted by Crippen LogP contribution is -2.35. The lowest BCUT2D eigenvalue weighted by Gasteiger charge is -2.23. The molecule has 1 aliphatic rings. The van der Waals surface area contributed by atoms with Gasteiger partial charge in [0.15, 0.2) is 17.2 Å². The molecule has 1 fully saturated rings. The third-order valence-corrected chi connectivity index (χ3v) is 5.01. The van der Waals surface area contributed by atoms with Gasteiger partial charge < -0.3 is 15.2 Å². The molecule has 6 nitrogen and oxygen atoms in total. The summed E-state index contributed by atoms with van der Waals surface area (Å²) in [7, 11) is 0. The number of nitrogens with one attached hydrogen (secondary N) is 1. The van der Waals surface area contributed by atoms with Crippen LogP contribution in [0.2, 0.25) is 0 Å². The molecular formula is C24H26N2O4. The Kier molecular flexibility index (Phi) is 7.01. The van der Waals surface area contributed by atoms with E-state index in [4.69, 9.17) is 4.74 Å². The maximum atomic E-state index is 12.3. The zero-order valence-corrected chi connectivity index (χ0v) is 17.2. The van der Waals surface area contributed by atoms with Gasteiger partial charge in [0.05, 0.1) is 6.54 Å². The Balaban J connectivity index is 0.00000124. The van der Waals surface area contributed by atoms with E-state index in [1.165, 1.54) is 6.20 Å².